The fraction of sp³-hybridized carbons (Fsp3) is 0.500. The maximum absolute atomic E-state index is 8.79. The summed E-state index contributed by atoms with van der Waals surface area (Å²) in [5.41, 5.74) is 1.47. The van der Waals surface area contributed by atoms with Gasteiger partial charge in [0.2, 0.25) is 0 Å². The van der Waals surface area contributed by atoms with Crippen molar-refractivity contribution in [3.63, 3.8) is 0 Å². The van der Waals surface area contributed by atoms with Crippen molar-refractivity contribution < 1.29 is 1.43 Å². The average Bonchev–Trinajstić information content (AvgIpc) is 2.18. The number of nitrogens with zero attached hydrogens (tertiary/aromatic N) is 3. The van der Waals surface area contributed by atoms with Gasteiger partial charge >= 0.3 is 0 Å². The molecule has 3 heteroatoms. The Labute approximate surface area is 79.9 Å². The predicted molar refractivity (Wildman–Crippen MR) is 52.0 cm³/mol. The van der Waals surface area contributed by atoms with Gasteiger partial charge in [-0.2, -0.15) is 15.5 Å². The zero-order chi connectivity index (χ0) is 9.68. The van der Waals surface area contributed by atoms with Crippen LogP contribution in [0.3, 0.4) is 0 Å². The van der Waals surface area contributed by atoms with Crippen molar-refractivity contribution in [2.24, 2.45) is 5.92 Å². The third kappa shape index (κ3) is 2.51. The SMILES string of the molecule is CCC(C)Cc1nnccc1C#N.[HH]. The van der Waals surface area contributed by atoms with Gasteiger partial charge < -0.3 is 0 Å². The fourth-order valence-corrected chi connectivity index (χ4v) is 1.09. The number of aromatic nitrogens is 2. The third-order valence-corrected chi connectivity index (χ3v) is 2.16. The molecule has 0 spiro atoms. The molecule has 0 amide bonds. The van der Waals surface area contributed by atoms with E-state index in [0.717, 1.165) is 18.5 Å². The Morgan fingerprint density at radius 3 is 3.08 bits per heavy atom. The van der Waals surface area contributed by atoms with Crippen LogP contribution in [0, 0.1) is 17.2 Å². The Kier molecular flexibility index (Phi) is 3.39. The van der Waals surface area contributed by atoms with Crippen LogP contribution < -0.4 is 0 Å². The highest BCUT2D eigenvalue weighted by molar-refractivity contribution is 5.31. The van der Waals surface area contributed by atoms with Crippen molar-refractivity contribution in [2.45, 2.75) is 26.7 Å². The van der Waals surface area contributed by atoms with E-state index >= 15 is 0 Å². The van der Waals surface area contributed by atoms with E-state index in [2.05, 4.69) is 30.1 Å². The zero-order valence-electron chi connectivity index (χ0n) is 7.99. The van der Waals surface area contributed by atoms with Crippen molar-refractivity contribution in [1.29, 1.82) is 5.26 Å². The quantitative estimate of drug-likeness (QED) is 0.711. The van der Waals surface area contributed by atoms with Crippen LogP contribution in [0.5, 0.6) is 0 Å². The van der Waals surface area contributed by atoms with E-state index in [4.69, 9.17) is 5.26 Å². The number of nitriles is 1. The molecule has 0 N–H and O–H groups in total. The summed E-state index contributed by atoms with van der Waals surface area (Å²) < 4.78 is 0. The zero-order valence-corrected chi connectivity index (χ0v) is 7.99. The molecule has 1 unspecified atom stereocenters. The molecule has 13 heavy (non-hydrogen) atoms. The van der Waals surface area contributed by atoms with Crippen LogP contribution in [-0.4, -0.2) is 10.2 Å². The maximum atomic E-state index is 8.79. The fourth-order valence-electron chi connectivity index (χ4n) is 1.09. The summed E-state index contributed by atoms with van der Waals surface area (Å²) >= 11 is 0. The van der Waals surface area contributed by atoms with Gasteiger partial charge in [-0.1, -0.05) is 20.3 Å². The molecule has 1 aromatic rings. The van der Waals surface area contributed by atoms with Crippen LogP contribution in [-0.2, 0) is 6.42 Å². The van der Waals surface area contributed by atoms with Gasteiger partial charge in [-0.05, 0) is 18.4 Å². The second-order valence-corrected chi connectivity index (χ2v) is 3.22. The largest absolute Gasteiger partial charge is 0.192 e. The van der Waals surface area contributed by atoms with Crippen LogP contribution in [0.4, 0.5) is 0 Å². The van der Waals surface area contributed by atoms with E-state index in [1.54, 1.807) is 12.3 Å². The summed E-state index contributed by atoms with van der Waals surface area (Å²) in [4.78, 5) is 0. The molecule has 0 aromatic carbocycles. The minimum atomic E-state index is 0. The van der Waals surface area contributed by atoms with Crippen LogP contribution in [0.25, 0.3) is 0 Å². The molecule has 1 heterocycles. The van der Waals surface area contributed by atoms with E-state index in [0.29, 0.717) is 11.5 Å². The predicted octanol–water partition coefficient (Wildman–Crippen LogP) is 2.18. The molecule has 3 nitrogen and oxygen atoms in total. The first-order chi connectivity index (χ1) is 6.27. The maximum Gasteiger partial charge on any atom is 0.101 e. The molecular weight excluding hydrogens is 162 g/mol. The minimum Gasteiger partial charge on any atom is -0.192 e. The van der Waals surface area contributed by atoms with Crippen molar-refractivity contribution in [3.05, 3.63) is 23.5 Å². The van der Waals surface area contributed by atoms with Gasteiger partial charge in [-0.3, -0.25) is 0 Å². The molecule has 1 rings (SSSR count). The van der Waals surface area contributed by atoms with Gasteiger partial charge in [0.25, 0.3) is 0 Å². The highest BCUT2D eigenvalue weighted by Gasteiger charge is 2.07. The first-order valence-corrected chi connectivity index (χ1v) is 4.48. The Morgan fingerprint density at radius 2 is 2.46 bits per heavy atom. The van der Waals surface area contributed by atoms with Gasteiger partial charge in [-0.25, -0.2) is 0 Å². The Morgan fingerprint density at radius 1 is 1.69 bits per heavy atom. The van der Waals surface area contributed by atoms with Gasteiger partial charge in [0, 0.05) is 1.43 Å². The summed E-state index contributed by atoms with van der Waals surface area (Å²) in [6.07, 6.45) is 3.49. The standard InChI is InChI=1S/C10H13N3.H2/c1-3-8(2)6-10-9(7-11)4-5-12-13-10;/h4-5,8H,3,6H2,1-2H3;1H. The lowest BCUT2D eigenvalue weighted by atomic mass is 10.0. The van der Waals surface area contributed by atoms with Crippen molar-refractivity contribution >= 4 is 0 Å². The lowest BCUT2D eigenvalue weighted by molar-refractivity contribution is 0.548. The van der Waals surface area contributed by atoms with Crippen LogP contribution in [0.15, 0.2) is 12.3 Å². The Bertz CT molecular complexity index is 319. The first-order valence-electron chi connectivity index (χ1n) is 4.48. The summed E-state index contributed by atoms with van der Waals surface area (Å²) in [5, 5.41) is 16.5. The third-order valence-electron chi connectivity index (χ3n) is 2.16. The van der Waals surface area contributed by atoms with E-state index in [1.165, 1.54) is 0 Å². The second kappa shape index (κ2) is 4.56. The molecule has 0 aliphatic rings. The highest BCUT2D eigenvalue weighted by Crippen LogP contribution is 2.11. The first kappa shape index (κ1) is 9.66. The van der Waals surface area contributed by atoms with Crippen molar-refractivity contribution in [2.75, 3.05) is 0 Å². The van der Waals surface area contributed by atoms with E-state index in [9.17, 15) is 0 Å². The van der Waals surface area contributed by atoms with Gasteiger partial charge in [0.1, 0.15) is 6.07 Å². The molecule has 70 valence electrons. The van der Waals surface area contributed by atoms with E-state index < -0.39 is 0 Å². The monoisotopic (exact) mass is 177 g/mol. The molecule has 1 atom stereocenters. The molecule has 0 aliphatic heterocycles. The second-order valence-electron chi connectivity index (χ2n) is 3.22. The van der Waals surface area contributed by atoms with Gasteiger partial charge in [0.05, 0.1) is 17.5 Å². The number of rotatable bonds is 3. The lowest BCUT2D eigenvalue weighted by Gasteiger charge is -2.07. The van der Waals surface area contributed by atoms with E-state index in [1.807, 2.05) is 0 Å². The van der Waals surface area contributed by atoms with E-state index in [-0.39, 0.29) is 1.43 Å². The number of hydrogen-bond acceptors (Lipinski definition) is 3. The summed E-state index contributed by atoms with van der Waals surface area (Å²) in [5.74, 6) is 0.559. The molecule has 0 aliphatic carbocycles. The molecule has 1 aromatic heterocycles. The Hall–Kier alpha value is -1.43. The van der Waals surface area contributed by atoms with Crippen LogP contribution >= 0.6 is 0 Å². The molecule has 0 fully saturated rings. The highest BCUT2D eigenvalue weighted by atomic mass is 15.1. The Balaban J connectivity index is 0.00000169. The molecule has 0 saturated carbocycles. The molecule has 0 bridgehead atoms. The summed E-state index contributed by atoms with van der Waals surface area (Å²) in [6, 6.07) is 3.84. The normalized spacial score (nSPS) is 12.1. The van der Waals surface area contributed by atoms with Crippen molar-refractivity contribution in [1.82, 2.24) is 10.2 Å². The minimum absolute atomic E-state index is 0. The summed E-state index contributed by atoms with van der Waals surface area (Å²) in [7, 11) is 0. The molecule has 0 radical (unpaired) electrons. The van der Waals surface area contributed by atoms with Crippen molar-refractivity contribution in [3.8, 4) is 6.07 Å². The average molecular weight is 177 g/mol. The smallest absolute Gasteiger partial charge is 0.101 e. The van der Waals surface area contributed by atoms with Crippen LogP contribution in [0.2, 0.25) is 0 Å². The van der Waals surface area contributed by atoms with Gasteiger partial charge in [0.15, 0.2) is 0 Å². The van der Waals surface area contributed by atoms with Crippen LogP contribution in [0.1, 0.15) is 33.0 Å². The molecular formula is C10H15N3. The summed E-state index contributed by atoms with van der Waals surface area (Å²) in [6.45, 7) is 4.28. The topological polar surface area (TPSA) is 49.6 Å². The number of hydrogen-bond donors (Lipinski definition) is 0. The molecule has 0 saturated heterocycles. The van der Waals surface area contributed by atoms with Gasteiger partial charge in [-0.15, -0.1) is 0 Å². The lowest BCUT2D eigenvalue weighted by Crippen LogP contribution is -2.03.